The molecule has 1 heterocycles. The summed E-state index contributed by atoms with van der Waals surface area (Å²) >= 11 is 6.27. The van der Waals surface area contributed by atoms with Crippen LogP contribution >= 0.6 is 11.6 Å². The van der Waals surface area contributed by atoms with Crippen LogP contribution in [0.1, 0.15) is 73.1 Å². The highest BCUT2D eigenvalue weighted by Crippen LogP contribution is 2.53. The molecule has 0 spiro atoms. The molecule has 1 aliphatic rings. The molecule has 1 N–H and O–H groups in total. The lowest BCUT2D eigenvalue weighted by Crippen LogP contribution is -2.32. The van der Waals surface area contributed by atoms with Crippen LogP contribution in [-0.2, 0) is 14.9 Å². The smallest absolute Gasteiger partial charge is 0.341 e. The topological polar surface area (TPSA) is 55.8 Å². The number of carbonyl (C=O) groups is 1. The Labute approximate surface area is 253 Å². The number of halogens is 1. The normalized spacial score (nSPS) is 20.6. The molecule has 0 aliphatic carbocycles. The van der Waals surface area contributed by atoms with Gasteiger partial charge in [0.05, 0.1) is 12.2 Å². The Kier molecular flexibility index (Phi) is 8.86. The molecule has 0 bridgehead atoms. The summed E-state index contributed by atoms with van der Waals surface area (Å²) in [5.41, 5.74) is 6.03. The molecule has 4 atom stereocenters. The number of hydrogen-bond donors (Lipinski definition) is 1. The van der Waals surface area contributed by atoms with E-state index in [9.17, 15) is 9.90 Å². The maximum atomic E-state index is 11.5. The lowest BCUT2D eigenvalue weighted by molar-refractivity contribution is -0.139. The Morgan fingerprint density at radius 3 is 2.17 bits per heavy atom. The first kappa shape index (κ1) is 29.6. The summed E-state index contributed by atoms with van der Waals surface area (Å²) in [6.45, 7) is 10.4. The number of benzene rings is 4. The van der Waals surface area contributed by atoms with E-state index in [1.165, 1.54) is 11.1 Å². The van der Waals surface area contributed by atoms with Crippen molar-refractivity contribution in [1.29, 1.82) is 0 Å². The molecule has 1 saturated heterocycles. The van der Waals surface area contributed by atoms with Crippen molar-refractivity contribution in [3.63, 3.8) is 0 Å². The van der Waals surface area contributed by atoms with E-state index in [1.807, 2.05) is 67.6 Å². The molecular formula is C37H37ClO4. The fourth-order valence-corrected chi connectivity index (χ4v) is 6.17. The molecule has 0 aromatic heterocycles. The number of carboxylic acids is 1. The van der Waals surface area contributed by atoms with Gasteiger partial charge in [-0.2, -0.15) is 0 Å². The van der Waals surface area contributed by atoms with Gasteiger partial charge in [0.2, 0.25) is 0 Å². The van der Waals surface area contributed by atoms with Crippen molar-refractivity contribution in [3.8, 4) is 5.75 Å². The largest absolute Gasteiger partial charge is 0.482 e. The number of ether oxygens (including phenoxy) is 2. The number of hydrogen-bond acceptors (Lipinski definition) is 3. The quantitative estimate of drug-likeness (QED) is 0.200. The summed E-state index contributed by atoms with van der Waals surface area (Å²) in [5.74, 6) is -0.466. The number of rotatable bonds is 9. The molecule has 0 saturated carbocycles. The van der Waals surface area contributed by atoms with E-state index in [-0.39, 0.29) is 23.4 Å². The second-order valence-electron chi connectivity index (χ2n) is 11.7. The van der Waals surface area contributed by atoms with Crippen molar-refractivity contribution in [2.24, 2.45) is 5.92 Å². The first-order valence-electron chi connectivity index (χ1n) is 14.3. The average Bonchev–Trinajstić information content (AvgIpc) is 3.00. The second-order valence-corrected chi connectivity index (χ2v) is 12.1. The minimum absolute atomic E-state index is 0.0268. The molecule has 5 heteroatoms. The zero-order valence-electron chi connectivity index (χ0n) is 24.3. The van der Waals surface area contributed by atoms with E-state index in [2.05, 4.69) is 62.9 Å². The SMILES string of the molecule is C=C(C)[C@H]1C[C@H](c2ccccc2)[C@H](c2ccc(Cl)cc2)O[C@@H]1c1cc(C(C)(C)c2ccccc2)ccc1OCC(=O)O. The number of carboxylic acid groups (broad SMARTS) is 1. The van der Waals surface area contributed by atoms with E-state index in [4.69, 9.17) is 21.1 Å². The minimum Gasteiger partial charge on any atom is -0.482 e. The predicted octanol–water partition coefficient (Wildman–Crippen LogP) is 9.31. The van der Waals surface area contributed by atoms with Gasteiger partial charge < -0.3 is 14.6 Å². The Bertz CT molecular complexity index is 1530. The molecule has 0 amide bonds. The zero-order valence-corrected chi connectivity index (χ0v) is 25.1. The predicted molar refractivity (Wildman–Crippen MR) is 168 cm³/mol. The molecule has 4 nitrogen and oxygen atoms in total. The fraction of sp³-hybridized carbons (Fsp3) is 0.270. The molecule has 4 aromatic rings. The zero-order chi connectivity index (χ0) is 29.9. The van der Waals surface area contributed by atoms with E-state index >= 15 is 0 Å². The molecule has 216 valence electrons. The first-order valence-corrected chi connectivity index (χ1v) is 14.7. The molecule has 0 radical (unpaired) electrons. The Morgan fingerprint density at radius 2 is 1.55 bits per heavy atom. The van der Waals surface area contributed by atoms with E-state index < -0.39 is 18.7 Å². The third-order valence-corrected chi connectivity index (χ3v) is 8.73. The van der Waals surface area contributed by atoms with Crippen LogP contribution in [0.5, 0.6) is 5.75 Å². The van der Waals surface area contributed by atoms with Gasteiger partial charge in [-0.05, 0) is 59.9 Å². The summed E-state index contributed by atoms with van der Waals surface area (Å²) in [7, 11) is 0. The van der Waals surface area contributed by atoms with Crippen LogP contribution in [0.15, 0.2) is 115 Å². The molecule has 5 rings (SSSR count). The lowest BCUT2D eigenvalue weighted by Gasteiger charge is -2.43. The van der Waals surface area contributed by atoms with Gasteiger partial charge >= 0.3 is 5.97 Å². The van der Waals surface area contributed by atoms with E-state index in [0.29, 0.717) is 10.8 Å². The minimum atomic E-state index is -1.03. The van der Waals surface area contributed by atoms with Crippen molar-refractivity contribution < 1.29 is 19.4 Å². The van der Waals surface area contributed by atoms with E-state index in [1.54, 1.807) is 0 Å². The summed E-state index contributed by atoms with van der Waals surface area (Å²) in [6, 6.07) is 34.7. The van der Waals surface area contributed by atoms with Gasteiger partial charge in [0.15, 0.2) is 6.61 Å². The molecular weight excluding hydrogens is 544 g/mol. The van der Waals surface area contributed by atoms with Gasteiger partial charge in [0.1, 0.15) is 5.75 Å². The summed E-state index contributed by atoms with van der Waals surface area (Å²) in [4.78, 5) is 11.5. The standard InChI is InChI=1S/C37H37ClO4/c1-24(2)30-22-31(25-11-7-5-8-12-25)35(26-15-18-29(38)19-16-26)42-36(30)32-21-28(17-20-33(32)41-23-34(39)40)37(3,4)27-13-9-6-10-14-27/h5-21,30-31,35-36H,1,22-23H2,2-4H3,(H,39,40)/t30-,31-,35+,36+/m1/s1. The van der Waals surface area contributed by atoms with Gasteiger partial charge in [0, 0.05) is 27.8 Å². The highest BCUT2D eigenvalue weighted by molar-refractivity contribution is 6.30. The lowest BCUT2D eigenvalue weighted by atomic mass is 9.73. The molecule has 4 aromatic carbocycles. The summed E-state index contributed by atoms with van der Waals surface area (Å²) < 4.78 is 13.0. The Balaban J connectivity index is 1.64. The Morgan fingerprint density at radius 1 is 0.905 bits per heavy atom. The van der Waals surface area contributed by atoms with Gasteiger partial charge in [0.25, 0.3) is 0 Å². The maximum absolute atomic E-state index is 11.5. The third-order valence-electron chi connectivity index (χ3n) is 8.48. The van der Waals surface area contributed by atoms with E-state index in [0.717, 1.165) is 28.7 Å². The van der Waals surface area contributed by atoms with Crippen molar-refractivity contribution >= 4 is 17.6 Å². The van der Waals surface area contributed by atoms with Crippen LogP contribution in [0.2, 0.25) is 5.02 Å². The van der Waals surface area contributed by atoms with Gasteiger partial charge in [-0.25, -0.2) is 4.79 Å². The molecule has 42 heavy (non-hydrogen) atoms. The highest BCUT2D eigenvalue weighted by Gasteiger charge is 2.42. The van der Waals surface area contributed by atoms with Crippen molar-refractivity contribution in [2.45, 2.75) is 50.7 Å². The third kappa shape index (κ3) is 6.30. The van der Waals surface area contributed by atoms with Crippen molar-refractivity contribution in [3.05, 3.63) is 148 Å². The van der Waals surface area contributed by atoms with Crippen LogP contribution < -0.4 is 4.74 Å². The first-order chi connectivity index (χ1) is 20.1. The highest BCUT2D eigenvalue weighted by atomic mass is 35.5. The van der Waals surface area contributed by atoms with Crippen molar-refractivity contribution in [2.75, 3.05) is 6.61 Å². The van der Waals surface area contributed by atoms with Gasteiger partial charge in [-0.1, -0.05) is 116 Å². The molecule has 1 fully saturated rings. The Hall–Kier alpha value is -3.86. The monoisotopic (exact) mass is 580 g/mol. The van der Waals surface area contributed by atoms with Crippen molar-refractivity contribution in [1.82, 2.24) is 0 Å². The second kappa shape index (κ2) is 12.6. The molecule has 0 unspecified atom stereocenters. The summed E-state index contributed by atoms with van der Waals surface area (Å²) in [6.07, 6.45) is 0.143. The van der Waals surface area contributed by atoms with Gasteiger partial charge in [-0.15, -0.1) is 0 Å². The van der Waals surface area contributed by atoms with Crippen LogP contribution in [0.3, 0.4) is 0 Å². The van der Waals surface area contributed by atoms with Crippen LogP contribution in [0.4, 0.5) is 0 Å². The number of aliphatic carboxylic acids is 1. The molecule has 1 aliphatic heterocycles. The van der Waals surface area contributed by atoms with Gasteiger partial charge in [-0.3, -0.25) is 0 Å². The van der Waals surface area contributed by atoms with Crippen LogP contribution in [-0.4, -0.2) is 17.7 Å². The van der Waals surface area contributed by atoms with Crippen LogP contribution in [0.25, 0.3) is 0 Å². The average molecular weight is 581 g/mol. The van der Waals surface area contributed by atoms with Crippen LogP contribution in [0, 0.1) is 5.92 Å². The fourth-order valence-electron chi connectivity index (χ4n) is 6.04. The maximum Gasteiger partial charge on any atom is 0.341 e. The summed E-state index contributed by atoms with van der Waals surface area (Å²) in [5, 5.41) is 10.1.